The summed E-state index contributed by atoms with van der Waals surface area (Å²) in [6.07, 6.45) is 1.36. The van der Waals surface area contributed by atoms with Crippen LogP contribution in [0.1, 0.15) is 47.4 Å². The molecule has 2 aromatic carbocycles. The van der Waals surface area contributed by atoms with Crippen molar-refractivity contribution in [2.45, 2.75) is 32.7 Å². The molecule has 0 aliphatic carbocycles. The number of benzene rings is 2. The van der Waals surface area contributed by atoms with Gasteiger partial charge in [-0.25, -0.2) is 9.59 Å². The fourth-order valence-electron chi connectivity index (χ4n) is 3.23. The molecule has 0 atom stereocenters. The summed E-state index contributed by atoms with van der Waals surface area (Å²) >= 11 is 0. The van der Waals surface area contributed by atoms with Crippen LogP contribution in [0.3, 0.4) is 0 Å². The normalized spacial score (nSPS) is 13.3. The highest BCUT2D eigenvalue weighted by Crippen LogP contribution is 2.22. The maximum Gasteiger partial charge on any atom is 0.340 e. The van der Waals surface area contributed by atoms with Crippen molar-refractivity contribution in [2.24, 2.45) is 0 Å². The Hall–Kier alpha value is -3.68. The van der Waals surface area contributed by atoms with E-state index in [1.54, 1.807) is 47.4 Å². The molecule has 2 N–H and O–H groups in total. The number of nitrogens with one attached hydrogen (secondary N) is 2. The van der Waals surface area contributed by atoms with Gasteiger partial charge in [0.25, 0.3) is 0 Å². The molecule has 0 aromatic heterocycles. The van der Waals surface area contributed by atoms with Gasteiger partial charge in [0.05, 0.1) is 11.3 Å². The molecule has 8 heteroatoms. The number of para-hydroxylation sites is 1. The molecule has 162 valence electrons. The van der Waals surface area contributed by atoms with Gasteiger partial charge in [0.15, 0.2) is 12.4 Å². The number of urea groups is 1. The third-order valence-corrected chi connectivity index (χ3v) is 4.72. The van der Waals surface area contributed by atoms with Crippen molar-refractivity contribution in [1.29, 1.82) is 0 Å². The molecular formula is C23H25N3O5. The van der Waals surface area contributed by atoms with E-state index in [4.69, 9.17) is 4.74 Å². The van der Waals surface area contributed by atoms with Gasteiger partial charge in [0.2, 0.25) is 5.91 Å². The second kappa shape index (κ2) is 9.88. The van der Waals surface area contributed by atoms with E-state index in [2.05, 4.69) is 10.6 Å². The van der Waals surface area contributed by atoms with Crippen molar-refractivity contribution in [3.8, 4) is 0 Å². The minimum Gasteiger partial charge on any atom is -0.454 e. The monoisotopic (exact) mass is 423 g/mol. The molecule has 1 aliphatic heterocycles. The highest BCUT2D eigenvalue weighted by molar-refractivity contribution is 6.03. The first-order valence-electron chi connectivity index (χ1n) is 10.1. The van der Waals surface area contributed by atoms with Gasteiger partial charge >= 0.3 is 12.0 Å². The molecular weight excluding hydrogens is 398 g/mol. The van der Waals surface area contributed by atoms with Gasteiger partial charge in [0, 0.05) is 30.3 Å². The molecule has 2 aromatic rings. The molecule has 0 radical (unpaired) electrons. The van der Waals surface area contributed by atoms with E-state index in [9.17, 15) is 19.2 Å². The van der Waals surface area contributed by atoms with Crippen LogP contribution in [0, 0.1) is 0 Å². The summed E-state index contributed by atoms with van der Waals surface area (Å²) in [5.74, 6) is -1.01. The topological polar surface area (TPSA) is 105 Å². The number of ketones is 1. The Labute approximate surface area is 180 Å². The van der Waals surface area contributed by atoms with Gasteiger partial charge in [-0.3, -0.25) is 9.59 Å². The standard InChI is InChI=1S/C23H25N3O5/c1-15(2)24-23(30)25-19-7-4-3-6-18(19)22(29)31-14-20(27)16-9-11-17(12-10-16)26-13-5-8-21(26)28/h3-4,6-7,9-12,15H,5,8,13-14H2,1-2H3,(H2,24,25,30). The van der Waals surface area contributed by atoms with Crippen molar-refractivity contribution >= 4 is 35.1 Å². The number of amides is 3. The minimum absolute atomic E-state index is 0.0632. The average molecular weight is 423 g/mol. The number of rotatable bonds is 7. The maximum atomic E-state index is 12.5. The van der Waals surface area contributed by atoms with Gasteiger partial charge in [-0.2, -0.15) is 0 Å². The molecule has 3 amide bonds. The average Bonchev–Trinajstić information content (AvgIpc) is 3.17. The highest BCUT2D eigenvalue weighted by atomic mass is 16.5. The first-order chi connectivity index (χ1) is 14.8. The molecule has 1 fully saturated rings. The number of hydrogen-bond acceptors (Lipinski definition) is 5. The first kappa shape index (κ1) is 22.0. The van der Waals surface area contributed by atoms with Crippen LogP contribution in [0.15, 0.2) is 48.5 Å². The summed E-state index contributed by atoms with van der Waals surface area (Å²) in [5, 5.41) is 5.29. The lowest BCUT2D eigenvalue weighted by molar-refractivity contribution is -0.117. The molecule has 3 rings (SSSR count). The van der Waals surface area contributed by atoms with Gasteiger partial charge < -0.3 is 20.3 Å². The summed E-state index contributed by atoms with van der Waals surface area (Å²) in [6, 6.07) is 12.6. The number of Topliss-reactive ketones (excluding diaryl/α,β-unsaturated/α-hetero) is 1. The zero-order valence-electron chi connectivity index (χ0n) is 17.5. The summed E-state index contributed by atoms with van der Waals surface area (Å²) < 4.78 is 5.17. The third-order valence-electron chi connectivity index (χ3n) is 4.72. The molecule has 1 saturated heterocycles. The molecule has 1 aliphatic rings. The second-order valence-electron chi connectivity index (χ2n) is 7.49. The van der Waals surface area contributed by atoms with E-state index in [1.807, 2.05) is 13.8 Å². The minimum atomic E-state index is -0.715. The van der Waals surface area contributed by atoms with Crippen molar-refractivity contribution in [3.05, 3.63) is 59.7 Å². The predicted octanol–water partition coefficient (Wildman–Crippen LogP) is 3.38. The number of nitrogens with zero attached hydrogens (tertiary/aromatic N) is 1. The fraction of sp³-hybridized carbons (Fsp3) is 0.304. The van der Waals surface area contributed by atoms with Crippen molar-refractivity contribution in [1.82, 2.24) is 5.32 Å². The number of carbonyl (C=O) groups is 4. The van der Waals surface area contributed by atoms with E-state index in [0.29, 0.717) is 18.5 Å². The number of anilines is 2. The van der Waals surface area contributed by atoms with Crippen LogP contribution in [0.4, 0.5) is 16.2 Å². The molecule has 0 spiro atoms. The maximum absolute atomic E-state index is 12.5. The zero-order chi connectivity index (χ0) is 22.4. The zero-order valence-corrected chi connectivity index (χ0v) is 17.5. The lowest BCUT2D eigenvalue weighted by Crippen LogP contribution is -2.34. The Balaban J connectivity index is 1.60. The Kier molecular flexibility index (Phi) is 7.02. The van der Waals surface area contributed by atoms with E-state index in [1.165, 1.54) is 6.07 Å². The third kappa shape index (κ3) is 5.69. The summed E-state index contributed by atoms with van der Waals surface area (Å²) in [4.78, 5) is 50.4. The van der Waals surface area contributed by atoms with Gasteiger partial charge in [-0.1, -0.05) is 12.1 Å². The van der Waals surface area contributed by atoms with Crippen molar-refractivity contribution in [2.75, 3.05) is 23.4 Å². The lowest BCUT2D eigenvalue weighted by atomic mass is 10.1. The molecule has 0 saturated carbocycles. The van der Waals surface area contributed by atoms with E-state index in [-0.39, 0.29) is 29.0 Å². The van der Waals surface area contributed by atoms with E-state index < -0.39 is 18.6 Å². The number of ether oxygens (including phenoxy) is 1. The predicted molar refractivity (Wildman–Crippen MR) is 116 cm³/mol. The lowest BCUT2D eigenvalue weighted by Gasteiger charge is -2.15. The Bertz CT molecular complexity index is 985. The molecule has 1 heterocycles. The Morgan fingerprint density at radius 1 is 1.06 bits per heavy atom. The number of esters is 1. The van der Waals surface area contributed by atoms with Crippen molar-refractivity contribution in [3.63, 3.8) is 0 Å². The Morgan fingerprint density at radius 2 is 1.77 bits per heavy atom. The van der Waals surface area contributed by atoms with Gasteiger partial charge in [0.1, 0.15) is 0 Å². The highest BCUT2D eigenvalue weighted by Gasteiger charge is 2.22. The summed E-state index contributed by atoms with van der Waals surface area (Å²) in [6.45, 7) is 3.88. The van der Waals surface area contributed by atoms with E-state index >= 15 is 0 Å². The summed E-state index contributed by atoms with van der Waals surface area (Å²) in [5.41, 5.74) is 1.57. The van der Waals surface area contributed by atoms with Gasteiger partial charge in [-0.05, 0) is 56.7 Å². The molecule has 8 nitrogen and oxygen atoms in total. The molecule has 0 unspecified atom stereocenters. The van der Waals surface area contributed by atoms with Crippen molar-refractivity contribution < 1.29 is 23.9 Å². The molecule has 0 bridgehead atoms. The smallest absolute Gasteiger partial charge is 0.340 e. The SMILES string of the molecule is CC(C)NC(=O)Nc1ccccc1C(=O)OCC(=O)c1ccc(N2CCCC2=O)cc1. The molecule has 31 heavy (non-hydrogen) atoms. The Morgan fingerprint density at radius 3 is 2.42 bits per heavy atom. The van der Waals surface area contributed by atoms with Crippen LogP contribution in [-0.4, -0.2) is 42.9 Å². The van der Waals surface area contributed by atoms with Crippen LogP contribution in [0.25, 0.3) is 0 Å². The van der Waals surface area contributed by atoms with E-state index in [0.717, 1.165) is 12.1 Å². The quantitative estimate of drug-likeness (QED) is 0.525. The van der Waals surface area contributed by atoms with Crippen LogP contribution < -0.4 is 15.5 Å². The van der Waals surface area contributed by atoms with Crippen LogP contribution in [0.2, 0.25) is 0 Å². The van der Waals surface area contributed by atoms with Crippen LogP contribution >= 0.6 is 0 Å². The number of hydrogen-bond donors (Lipinski definition) is 2. The first-order valence-corrected chi connectivity index (χ1v) is 10.1. The summed E-state index contributed by atoms with van der Waals surface area (Å²) in [7, 11) is 0. The van der Waals surface area contributed by atoms with Crippen LogP contribution in [-0.2, 0) is 9.53 Å². The fourth-order valence-corrected chi connectivity index (χ4v) is 3.23. The number of carbonyl (C=O) groups excluding carboxylic acids is 4. The largest absolute Gasteiger partial charge is 0.454 e. The van der Waals surface area contributed by atoms with Crippen LogP contribution in [0.5, 0.6) is 0 Å². The second-order valence-corrected chi connectivity index (χ2v) is 7.49. The van der Waals surface area contributed by atoms with Gasteiger partial charge in [-0.15, -0.1) is 0 Å².